The van der Waals surface area contributed by atoms with Gasteiger partial charge in [0.2, 0.25) is 5.91 Å². The van der Waals surface area contributed by atoms with E-state index in [1.54, 1.807) is 19.9 Å². The van der Waals surface area contributed by atoms with Gasteiger partial charge in [-0.1, -0.05) is 6.07 Å². The summed E-state index contributed by atoms with van der Waals surface area (Å²) >= 11 is 0. The topological polar surface area (TPSA) is 84.5 Å². The number of likely N-dealkylation sites (N-methyl/N-ethyl adjacent to an activating group) is 1. The highest BCUT2D eigenvalue weighted by Crippen LogP contribution is 2.22. The number of amides is 2. The number of benzene rings is 1. The molecule has 130 valence electrons. The van der Waals surface area contributed by atoms with E-state index in [1.165, 1.54) is 17.5 Å². The molecule has 2 N–H and O–H groups in total. The lowest BCUT2D eigenvalue weighted by Gasteiger charge is -2.16. The molecule has 6 heteroatoms. The molecule has 0 saturated heterocycles. The van der Waals surface area contributed by atoms with Crippen molar-refractivity contribution in [2.75, 3.05) is 13.2 Å². The van der Waals surface area contributed by atoms with Crippen LogP contribution < -0.4 is 10.6 Å². The standard InChI is InChI=1S/C18H24N2O4/c1-3-19-17(22)12(2)20-16(21)11-24-18(23)15-9-8-13-6-4-5-7-14(13)10-15/h8-10,12H,3-7,11H2,1-2H3,(H,19,22)(H,20,21)/t12-/m0/s1. The van der Waals surface area contributed by atoms with E-state index < -0.39 is 24.5 Å². The Morgan fingerprint density at radius 2 is 1.88 bits per heavy atom. The summed E-state index contributed by atoms with van der Waals surface area (Å²) in [6, 6.07) is 4.88. The van der Waals surface area contributed by atoms with Crippen LogP contribution >= 0.6 is 0 Å². The molecule has 24 heavy (non-hydrogen) atoms. The number of ether oxygens (including phenoxy) is 1. The number of carbonyl (C=O) groups excluding carboxylic acids is 3. The molecule has 2 rings (SSSR count). The lowest BCUT2D eigenvalue weighted by Crippen LogP contribution is -2.46. The van der Waals surface area contributed by atoms with Gasteiger partial charge in [0.15, 0.2) is 6.61 Å². The molecule has 1 aliphatic carbocycles. The molecule has 0 bridgehead atoms. The Labute approximate surface area is 142 Å². The van der Waals surface area contributed by atoms with Crippen LogP contribution in [0.1, 0.15) is 48.2 Å². The predicted octanol–water partition coefficient (Wildman–Crippen LogP) is 1.36. The maximum absolute atomic E-state index is 12.1. The van der Waals surface area contributed by atoms with Gasteiger partial charge in [-0.2, -0.15) is 0 Å². The van der Waals surface area contributed by atoms with Gasteiger partial charge in [-0.25, -0.2) is 4.79 Å². The van der Waals surface area contributed by atoms with Crippen LogP contribution in [0.5, 0.6) is 0 Å². The van der Waals surface area contributed by atoms with E-state index >= 15 is 0 Å². The number of aryl methyl sites for hydroxylation is 2. The molecule has 0 aliphatic heterocycles. The molecule has 1 aromatic carbocycles. The highest BCUT2D eigenvalue weighted by Gasteiger charge is 2.17. The second-order valence-electron chi connectivity index (χ2n) is 5.95. The van der Waals surface area contributed by atoms with Crippen LogP contribution in [0.4, 0.5) is 0 Å². The van der Waals surface area contributed by atoms with Crippen molar-refractivity contribution in [3.63, 3.8) is 0 Å². The molecule has 0 heterocycles. The van der Waals surface area contributed by atoms with Crippen LogP contribution in [0.15, 0.2) is 18.2 Å². The van der Waals surface area contributed by atoms with Crippen LogP contribution in [0.2, 0.25) is 0 Å². The largest absolute Gasteiger partial charge is 0.452 e. The minimum atomic E-state index is -0.667. The maximum atomic E-state index is 12.1. The van der Waals surface area contributed by atoms with Crippen LogP contribution in [0, 0.1) is 0 Å². The molecule has 0 aromatic heterocycles. The highest BCUT2D eigenvalue weighted by atomic mass is 16.5. The SMILES string of the molecule is CCNC(=O)[C@H](C)NC(=O)COC(=O)c1ccc2c(c1)CCCC2. The number of esters is 1. The number of carbonyl (C=O) groups is 3. The molecule has 1 atom stereocenters. The van der Waals surface area contributed by atoms with Crippen LogP contribution in [0.3, 0.4) is 0 Å². The highest BCUT2D eigenvalue weighted by molar-refractivity contribution is 5.92. The summed E-state index contributed by atoms with van der Waals surface area (Å²) in [5.41, 5.74) is 2.93. The Morgan fingerprint density at radius 1 is 1.17 bits per heavy atom. The van der Waals surface area contributed by atoms with E-state index in [2.05, 4.69) is 10.6 Å². The molecule has 0 saturated carbocycles. The van der Waals surface area contributed by atoms with Gasteiger partial charge < -0.3 is 15.4 Å². The van der Waals surface area contributed by atoms with Crippen molar-refractivity contribution in [3.05, 3.63) is 34.9 Å². The van der Waals surface area contributed by atoms with E-state index in [4.69, 9.17) is 4.74 Å². The van der Waals surface area contributed by atoms with Crippen LogP contribution in [-0.2, 0) is 27.2 Å². The van der Waals surface area contributed by atoms with Crippen molar-refractivity contribution >= 4 is 17.8 Å². The van der Waals surface area contributed by atoms with Gasteiger partial charge in [-0.15, -0.1) is 0 Å². The molecule has 1 aromatic rings. The minimum Gasteiger partial charge on any atom is -0.452 e. The first-order valence-electron chi connectivity index (χ1n) is 8.37. The average Bonchev–Trinajstić information content (AvgIpc) is 2.59. The molecule has 0 fully saturated rings. The summed E-state index contributed by atoms with van der Waals surface area (Å²) in [5, 5.41) is 5.10. The predicted molar refractivity (Wildman–Crippen MR) is 89.7 cm³/mol. The molecule has 1 aliphatic rings. The summed E-state index contributed by atoms with van der Waals surface area (Å²) in [6.45, 7) is 3.47. The maximum Gasteiger partial charge on any atom is 0.338 e. The minimum absolute atomic E-state index is 0.271. The van der Waals surface area contributed by atoms with Gasteiger partial charge in [-0.05, 0) is 62.8 Å². The van der Waals surface area contributed by atoms with Gasteiger partial charge >= 0.3 is 5.97 Å². The third-order valence-electron chi connectivity index (χ3n) is 4.04. The zero-order valence-corrected chi connectivity index (χ0v) is 14.2. The number of hydrogen-bond acceptors (Lipinski definition) is 4. The monoisotopic (exact) mass is 332 g/mol. The van der Waals surface area contributed by atoms with Gasteiger partial charge in [0.1, 0.15) is 6.04 Å². The lowest BCUT2D eigenvalue weighted by molar-refractivity contribution is -0.130. The molecular formula is C18H24N2O4. The summed E-state index contributed by atoms with van der Waals surface area (Å²) in [6.07, 6.45) is 4.33. The van der Waals surface area contributed by atoms with Crippen molar-refractivity contribution in [2.45, 2.75) is 45.6 Å². The Bertz CT molecular complexity index is 627. The fraction of sp³-hybridized carbons (Fsp3) is 0.500. The summed E-state index contributed by atoms with van der Waals surface area (Å²) in [4.78, 5) is 35.4. The Balaban J connectivity index is 1.84. The van der Waals surface area contributed by atoms with Crippen molar-refractivity contribution in [1.29, 1.82) is 0 Å². The smallest absolute Gasteiger partial charge is 0.338 e. The molecule has 6 nitrogen and oxygen atoms in total. The quantitative estimate of drug-likeness (QED) is 0.771. The Hall–Kier alpha value is -2.37. The van der Waals surface area contributed by atoms with Gasteiger partial charge in [-0.3, -0.25) is 9.59 Å². The van der Waals surface area contributed by atoms with E-state index in [0.29, 0.717) is 12.1 Å². The third kappa shape index (κ3) is 4.81. The molecule has 0 unspecified atom stereocenters. The Morgan fingerprint density at radius 3 is 2.58 bits per heavy atom. The normalized spacial score (nSPS) is 14.2. The van der Waals surface area contributed by atoms with Crippen molar-refractivity contribution < 1.29 is 19.1 Å². The number of hydrogen-bond donors (Lipinski definition) is 2. The number of nitrogens with one attached hydrogen (secondary N) is 2. The molecule has 0 radical (unpaired) electrons. The molecular weight excluding hydrogens is 308 g/mol. The van der Waals surface area contributed by atoms with Gasteiger partial charge in [0, 0.05) is 6.54 Å². The summed E-state index contributed by atoms with van der Waals surface area (Å²) in [5.74, 6) is -1.30. The summed E-state index contributed by atoms with van der Waals surface area (Å²) in [7, 11) is 0. The summed E-state index contributed by atoms with van der Waals surface area (Å²) < 4.78 is 5.04. The van der Waals surface area contributed by atoms with Crippen molar-refractivity contribution in [2.24, 2.45) is 0 Å². The van der Waals surface area contributed by atoms with E-state index in [0.717, 1.165) is 19.3 Å². The number of rotatable bonds is 6. The lowest BCUT2D eigenvalue weighted by atomic mass is 9.90. The fourth-order valence-electron chi connectivity index (χ4n) is 2.75. The van der Waals surface area contributed by atoms with Crippen molar-refractivity contribution in [1.82, 2.24) is 10.6 Å². The first-order valence-corrected chi connectivity index (χ1v) is 8.37. The first-order chi connectivity index (χ1) is 11.5. The zero-order valence-electron chi connectivity index (χ0n) is 14.2. The van der Waals surface area contributed by atoms with Crippen LogP contribution in [0.25, 0.3) is 0 Å². The van der Waals surface area contributed by atoms with E-state index in [9.17, 15) is 14.4 Å². The van der Waals surface area contributed by atoms with Crippen molar-refractivity contribution in [3.8, 4) is 0 Å². The van der Waals surface area contributed by atoms with E-state index in [-0.39, 0.29) is 5.91 Å². The van der Waals surface area contributed by atoms with Gasteiger partial charge in [0.25, 0.3) is 5.91 Å². The second kappa shape index (κ2) is 8.47. The third-order valence-corrected chi connectivity index (χ3v) is 4.04. The fourth-order valence-corrected chi connectivity index (χ4v) is 2.75. The molecule has 0 spiro atoms. The van der Waals surface area contributed by atoms with E-state index in [1.807, 2.05) is 12.1 Å². The first kappa shape index (κ1) is 18.0. The zero-order chi connectivity index (χ0) is 17.5. The Kier molecular flexibility index (Phi) is 6.35. The second-order valence-corrected chi connectivity index (χ2v) is 5.95. The number of fused-ring (bicyclic) bond motifs is 1. The van der Waals surface area contributed by atoms with Gasteiger partial charge in [0.05, 0.1) is 5.56 Å². The molecule has 2 amide bonds. The average molecular weight is 332 g/mol. The van der Waals surface area contributed by atoms with Crippen LogP contribution in [-0.4, -0.2) is 37.0 Å².